The minimum absolute atomic E-state index is 0.0118. The van der Waals surface area contributed by atoms with Gasteiger partial charge in [-0.2, -0.15) is 0 Å². The Morgan fingerprint density at radius 1 is 0.455 bits per heavy atom. The molecule has 0 bridgehead atoms. The molecule has 0 spiro atoms. The van der Waals surface area contributed by atoms with Gasteiger partial charge in [0.15, 0.2) is 11.6 Å². The number of allylic oxidation sites excluding steroid dienone is 1. The van der Waals surface area contributed by atoms with Crippen molar-refractivity contribution in [1.29, 1.82) is 0 Å². The first kappa shape index (κ1) is 31.4. The average molecular weight is 704 g/mol. The molecule has 0 N–H and O–H groups in total. The van der Waals surface area contributed by atoms with E-state index in [-0.39, 0.29) is 5.92 Å². The molecule has 2 aromatic heterocycles. The fourth-order valence-electron chi connectivity index (χ4n) is 8.41. The third kappa shape index (κ3) is 5.33. The summed E-state index contributed by atoms with van der Waals surface area (Å²) in [4.78, 5) is 15.6. The van der Waals surface area contributed by atoms with Crippen LogP contribution in [0.25, 0.3) is 94.6 Å². The maximum absolute atomic E-state index is 6.52. The highest BCUT2D eigenvalue weighted by atomic mass is 16.3. The van der Waals surface area contributed by atoms with Crippen molar-refractivity contribution in [2.75, 3.05) is 0 Å². The van der Waals surface area contributed by atoms with E-state index in [1.807, 2.05) is 24.3 Å². The van der Waals surface area contributed by atoms with Crippen LogP contribution in [-0.4, -0.2) is 15.0 Å². The molecular formula is C51H33N3O. The first-order chi connectivity index (χ1) is 27.2. The van der Waals surface area contributed by atoms with E-state index in [4.69, 9.17) is 19.4 Å². The topological polar surface area (TPSA) is 51.8 Å². The van der Waals surface area contributed by atoms with Gasteiger partial charge in [-0.3, -0.25) is 0 Å². The summed E-state index contributed by atoms with van der Waals surface area (Å²) in [5.41, 5.74) is 10.9. The predicted molar refractivity (Wildman–Crippen MR) is 226 cm³/mol. The lowest BCUT2D eigenvalue weighted by Gasteiger charge is -2.21. The van der Waals surface area contributed by atoms with Gasteiger partial charge in [0, 0.05) is 27.8 Å². The van der Waals surface area contributed by atoms with Crippen LogP contribution in [0.5, 0.6) is 0 Å². The van der Waals surface area contributed by atoms with E-state index in [2.05, 4.69) is 158 Å². The Balaban J connectivity index is 1.05. The Morgan fingerprint density at radius 3 is 2.00 bits per heavy atom. The summed E-state index contributed by atoms with van der Waals surface area (Å²) < 4.78 is 6.52. The van der Waals surface area contributed by atoms with Crippen LogP contribution in [0.4, 0.5) is 0 Å². The fourth-order valence-corrected chi connectivity index (χ4v) is 8.41. The first-order valence-electron chi connectivity index (χ1n) is 18.8. The van der Waals surface area contributed by atoms with Crippen LogP contribution in [0, 0.1) is 0 Å². The lowest BCUT2D eigenvalue weighted by molar-refractivity contribution is 0.669. The van der Waals surface area contributed by atoms with E-state index >= 15 is 0 Å². The molecule has 8 aromatic carbocycles. The van der Waals surface area contributed by atoms with Gasteiger partial charge in [-0.25, -0.2) is 15.0 Å². The number of hydrogen-bond acceptors (Lipinski definition) is 4. The van der Waals surface area contributed by atoms with E-state index in [0.29, 0.717) is 11.6 Å². The van der Waals surface area contributed by atoms with Gasteiger partial charge in [0.25, 0.3) is 0 Å². The second-order valence-corrected chi connectivity index (χ2v) is 14.3. The summed E-state index contributed by atoms with van der Waals surface area (Å²) in [5, 5.41) is 6.96. The molecule has 0 saturated carbocycles. The first-order valence-corrected chi connectivity index (χ1v) is 18.8. The van der Waals surface area contributed by atoms with Crippen molar-refractivity contribution in [2.45, 2.75) is 12.3 Å². The van der Waals surface area contributed by atoms with Gasteiger partial charge in [0.05, 0.1) is 0 Å². The Kier molecular flexibility index (Phi) is 7.27. The van der Waals surface area contributed by atoms with Crippen molar-refractivity contribution >= 4 is 49.6 Å². The van der Waals surface area contributed by atoms with Crippen molar-refractivity contribution in [1.82, 2.24) is 15.0 Å². The third-order valence-corrected chi connectivity index (χ3v) is 11.1. The number of nitrogens with zero attached hydrogens (tertiary/aromatic N) is 3. The molecule has 1 atom stereocenters. The SMILES string of the molecule is C1=CC(c2nc(-c3ccccc3)nc(-c3cccc4c(-c5cccc6oc7cc(-c8ccccc8)ccc7c56)cccc34)n2)Cc2ccc3ccccc3c21. The minimum Gasteiger partial charge on any atom is -0.456 e. The smallest absolute Gasteiger partial charge is 0.164 e. The highest BCUT2D eigenvalue weighted by Crippen LogP contribution is 2.42. The molecular weight excluding hydrogens is 671 g/mol. The quantitative estimate of drug-likeness (QED) is 0.179. The van der Waals surface area contributed by atoms with Gasteiger partial charge in [-0.15, -0.1) is 0 Å². The van der Waals surface area contributed by atoms with E-state index in [0.717, 1.165) is 72.8 Å². The third-order valence-electron chi connectivity index (χ3n) is 11.1. The van der Waals surface area contributed by atoms with Crippen molar-refractivity contribution in [3.63, 3.8) is 0 Å². The number of rotatable bonds is 5. The number of fused-ring (bicyclic) bond motifs is 7. The van der Waals surface area contributed by atoms with Crippen molar-refractivity contribution in [2.24, 2.45) is 0 Å². The fraction of sp³-hybridized carbons (Fsp3) is 0.0392. The molecule has 1 aliphatic carbocycles. The highest BCUT2D eigenvalue weighted by molar-refractivity contribution is 6.16. The predicted octanol–water partition coefficient (Wildman–Crippen LogP) is 13.1. The normalized spacial score (nSPS) is 13.9. The second-order valence-electron chi connectivity index (χ2n) is 14.3. The van der Waals surface area contributed by atoms with E-state index in [1.165, 1.54) is 27.5 Å². The second kappa shape index (κ2) is 12.8. The van der Waals surface area contributed by atoms with Crippen LogP contribution < -0.4 is 0 Å². The molecule has 0 saturated heterocycles. The van der Waals surface area contributed by atoms with Crippen LogP contribution in [0.2, 0.25) is 0 Å². The van der Waals surface area contributed by atoms with Crippen LogP contribution >= 0.6 is 0 Å². The average Bonchev–Trinajstić information content (AvgIpc) is 3.64. The van der Waals surface area contributed by atoms with Crippen LogP contribution in [0.15, 0.2) is 180 Å². The lowest BCUT2D eigenvalue weighted by Crippen LogP contribution is -2.12. The molecule has 258 valence electrons. The summed E-state index contributed by atoms with van der Waals surface area (Å²) in [6.07, 6.45) is 5.34. The van der Waals surface area contributed by atoms with Crippen LogP contribution in [0.1, 0.15) is 22.9 Å². The Hall–Kier alpha value is -7.17. The molecule has 55 heavy (non-hydrogen) atoms. The van der Waals surface area contributed by atoms with Gasteiger partial charge in [0.2, 0.25) is 0 Å². The molecule has 0 aliphatic heterocycles. The molecule has 4 nitrogen and oxygen atoms in total. The monoisotopic (exact) mass is 703 g/mol. The zero-order chi connectivity index (χ0) is 36.3. The Morgan fingerprint density at radius 2 is 1.15 bits per heavy atom. The maximum atomic E-state index is 6.52. The summed E-state index contributed by atoms with van der Waals surface area (Å²) in [7, 11) is 0. The molecule has 0 fully saturated rings. The zero-order valence-corrected chi connectivity index (χ0v) is 29.9. The van der Waals surface area contributed by atoms with Crippen molar-refractivity contribution in [3.05, 3.63) is 193 Å². The number of benzene rings is 8. The van der Waals surface area contributed by atoms with Gasteiger partial charge in [-0.1, -0.05) is 164 Å². The molecule has 0 radical (unpaired) electrons. The highest BCUT2D eigenvalue weighted by Gasteiger charge is 2.23. The van der Waals surface area contributed by atoms with Crippen molar-refractivity contribution < 1.29 is 4.42 Å². The standard InChI is InChI=1S/C51H33N3O/c1-3-12-32(13-4-1)35-26-29-45-47(31-35)55-46-23-11-21-43(48(45)46)41-19-9-20-42-40(41)18-10-22-44(42)51-53-49(34-15-5-2-6-16-34)52-50(54-51)37-27-28-39-36(30-37)25-24-33-14-7-8-17-38(33)39/h1-29,31,37H,30H2. The molecule has 11 rings (SSSR count). The van der Waals surface area contributed by atoms with E-state index in [9.17, 15) is 0 Å². The molecule has 1 aliphatic rings. The van der Waals surface area contributed by atoms with Crippen molar-refractivity contribution in [3.8, 4) is 45.0 Å². The largest absolute Gasteiger partial charge is 0.456 e. The maximum Gasteiger partial charge on any atom is 0.164 e. The van der Waals surface area contributed by atoms with Crippen LogP contribution in [-0.2, 0) is 6.42 Å². The zero-order valence-electron chi connectivity index (χ0n) is 29.9. The number of hydrogen-bond donors (Lipinski definition) is 0. The molecule has 0 amide bonds. The van der Waals surface area contributed by atoms with Gasteiger partial charge >= 0.3 is 0 Å². The minimum atomic E-state index is 0.0118. The summed E-state index contributed by atoms with van der Waals surface area (Å²) in [5.74, 6) is 2.13. The molecule has 10 aromatic rings. The van der Waals surface area contributed by atoms with Crippen LogP contribution in [0.3, 0.4) is 0 Å². The van der Waals surface area contributed by atoms with Gasteiger partial charge in [-0.05, 0) is 79.5 Å². The Bertz CT molecular complexity index is 3130. The van der Waals surface area contributed by atoms with E-state index in [1.54, 1.807) is 0 Å². The molecule has 1 unspecified atom stereocenters. The van der Waals surface area contributed by atoms with Gasteiger partial charge in [0.1, 0.15) is 17.0 Å². The summed E-state index contributed by atoms with van der Waals surface area (Å²) in [6.45, 7) is 0. The van der Waals surface area contributed by atoms with Gasteiger partial charge < -0.3 is 4.42 Å². The summed E-state index contributed by atoms with van der Waals surface area (Å²) >= 11 is 0. The summed E-state index contributed by atoms with van der Waals surface area (Å²) in [6, 6.07) is 59.6. The number of aromatic nitrogens is 3. The molecule has 4 heteroatoms. The Labute approximate surface area is 318 Å². The lowest BCUT2D eigenvalue weighted by atomic mass is 9.86. The number of furan rings is 1. The van der Waals surface area contributed by atoms with E-state index < -0.39 is 0 Å². The molecule has 2 heterocycles.